The Balaban J connectivity index is 2.64. The van der Waals surface area contributed by atoms with E-state index in [9.17, 15) is 9.59 Å². The van der Waals surface area contributed by atoms with Gasteiger partial charge in [0.25, 0.3) is 0 Å². The molecule has 0 aromatic carbocycles. The van der Waals surface area contributed by atoms with E-state index < -0.39 is 6.10 Å². The zero-order valence-electron chi connectivity index (χ0n) is 6.88. The molecule has 0 saturated heterocycles. The van der Waals surface area contributed by atoms with Crippen molar-refractivity contribution in [2.24, 2.45) is 5.92 Å². The molecule has 0 aromatic heterocycles. The zero-order valence-corrected chi connectivity index (χ0v) is 8.46. The Labute approximate surface area is 79.6 Å². The summed E-state index contributed by atoms with van der Waals surface area (Å²) < 4.78 is 5.04. The van der Waals surface area contributed by atoms with Crippen LogP contribution in [0.5, 0.6) is 0 Å². The van der Waals surface area contributed by atoms with Crippen LogP contribution in [0.1, 0.15) is 13.3 Å². The molecule has 1 aliphatic rings. The van der Waals surface area contributed by atoms with E-state index in [0.717, 1.165) is 0 Å². The van der Waals surface area contributed by atoms with Gasteiger partial charge in [-0.1, -0.05) is 15.9 Å². The molecule has 1 fully saturated rings. The van der Waals surface area contributed by atoms with Crippen LogP contribution in [0.2, 0.25) is 0 Å². The molecule has 0 N–H and O–H groups in total. The largest absolute Gasteiger partial charge is 0.363 e. The fourth-order valence-corrected chi connectivity index (χ4v) is 1.84. The molecule has 0 bridgehead atoms. The number of Topliss-reactive ketones (excluding diaryl/α,β-unsaturated/α-hetero) is 2. The van der Waals surface area contributed by atoms with E-state index in [-0.39, 0.29) is 17.5 Å². The maximum absolute atomic E-state index is 11.4. The zero-order chi connectivity index (χ0) is 9.14. The molecular weight excluding hydrogens is 224 g/mol. The van der Waals surface area contributed by atoms with Gasteiger partial charge in [-0.25, -0.2) is 0 Å². The number of rotatable bonds is 3. The van der Waals surface area contributed by atoms with Crippen LogP contribution in [0.3, 0.4) is 0 Å². The molecule has 0 aliphatic heterocycles. The van der Waals surface area contributed by atoms with Gasteiger partial charge in [-0.3, -0.25) is 9.59 Å². The van der Waals surface area contributed by atoms with Crippen molar-refractivity contribution in [2.75, 3.05) is 11.9 Å². The van der Waals surface area contributed by atoms with Gasteiger partial charge in [0.2, 0.25) is 0 Å². The van der Waals surface area contributed by atoms with Crippen molar-refractivity contribution in [3.63, 3.8) is 0 Å². The minimum absolute atomic E-state index is 0.0706. The second-order valence-corrected chi connectivity index (χ2v) is 3.41. The van der Waals surface area contributed by atoms with E-state index >= 15 is 0 Å². The molecule has 1 rings (SSSR count). The van der Waals surface area contributed by atoms with E-state index in [0.29, 0.717) is 18.4 Å². The predicted molar refractivity (Wildman–Crippen MR) is 47.3 cm³/mol. The van der Waals surface area contributed by atoms with Gasteiger partial charge in [-0.2, -0.15) is 0 Å². The fraction of sp³-hybridized carbons (Fsp3) is 0.750. The first-order valence-electron chi connectivity index (χ1n) is 3.94. The molecule has 4 heteroatoms. The third-order valence-electron chi connectivity index (χ3n) is 1.92. The Hall–Kier alpha value is -0.220. The highest BCUT2D eigenvalue weighted by atomic mass is 79.9. The molecule has 1 unspecified atom stereocenters. The lowest BCUT2D eigenvalue weighted by atomic mass is 10.1. The Kier molecular flexibility index (Phi) is 3.40. The Morgan fingerprint density at radius 1 is 1.58 bits per heavy atom. The summed E-state index contributed by atoms with van der Waals surface area (Å²) in [5.74, 6) is -0.320. The van der Waals surface area contributed by atoms with Gasteiger partial charge < -0.3 is 4.74 Å². The van der Waals surface area contributed by atoms with Crippen molar-refractivity contribution in [1.82, 2.24) is 0 Å². The minimum Gasteiger partial charge on any atom is -0.363 e. The van der Waals surface area contributed by atoms with Crippen molar-refractivity contribution in [2.45, 2.75) is 19.4 Å². The van der Waals surface area contributed by atoms with Gasteiger partial charge in [0.05, 0.1) is 0 Å². The lowest BCUT2D eigenvalue weighted by Crippen LogP contribution is -2.27. The molecule has 1 saturated carbocycles. The molecule has 0 radical (unpaired) electrons. The first-order chi connectivity index (χ1) is 5.70. The summed E-state index contributed by atoms with van der Waals surface area (Å²) in [6.45, 7) is 2.19. The lowest BCUT2D eigenvalue weighted by Gasteiger charge is -2.06. The molecule has 3 nitrogen and oxygen atoms in total. The number of carbonyl (C=O) groups excluding carboxylic acids is 2. The minimum atomic E-state index is -0.780. The third-order valence-corrected chi connectivity index (χ3v) is 2.70. The molecule has 0 spiro atoms. The highest BCUT2D eigenvalue weighted by Crippen LogP contribution is 2.22. The normalized spacial score (nSPS) is 29.8. The number of carbonyl (C=O) groups is 2. The molecule has 2 atom stereocenters. The Morgan fingerprint density at radius 2 is 2.25 bits per heavy atom. The van der Waals surface area contributed by atoms with Crippen LogP contribution in [0.25, 0.3) is 0 Å². The highest BCUT2D eigenvalue weighted by molar-refractivity contribution is 9.09. The van der Waals surface area contributed by atoms with Crippen LogP contribution < -0.4 is 0 Å². The highest BCUT2D eigenvalue weighted by Gasteiger charge is 2.40. The van der Waals surface area contributed by atoms with Crippen LogP contribution in [0.4, 0.5) is 0 Å². The van der Waals surface area contributed by atoms with Crippen molar-refractivity contribution >= 4 is 27.5 Å². The maximum Gasteiger partial charge on any atom is 0.174 e. The molecule has 12 heavy (non-hydrogen) atoms. The van der Waals surface area contributed by atoms with Crippen LogP contribution in [-0.4, -0.2) is 29.6 Å². The number of alkyl halides is 1. The molecule has 0 aromatic rings. The van der Waals surface area contributed by atoms with E-state index in [4.69, 9.17) is 4.74 Å². The summed E-state index contributed by atoms with van der Waals surface area (Å²) in [5, 5.41) is 0.557. The van der Waals surface area contributed by atoms with Crippen LogP contribution in [0, 0.1) is 5.92 Å². The maximum atomic E-state index is 11.4. The van der Waals surface area contributed by atoms with Gasteiger partial charge in [-0.05, 0) is 6.92 Å². The average Bonchev–Trinajstić information content (AvgIpc) is 2.32. The first kappa shape index (κ1) is 9.86. The van der Waals surface area contributed by atoms with Gasteiger partial charge in [0.1, 0.15) is 0 Å². The summed E-state index contributed by atoms with van der Waals surface area (Å²) in [6, 6.07) is 0. The van der Waals surface area contributed by atoms with E-state index in [1.807, 2.05) is 0 Å². The smallest absolute Gasteiger partial charge is 0.174 e. The standard InChI is InChI=1S/C8H11BrO3/c1-2-12-8-6(10)3-5(4-9)7(8)11/h5,8H,2-4H2,1H3/t5?,8-/m1/s1. The summed E-state index contributed by atoms with van der Waals surface area (Å²) in [7, 11) is 0. The summed E-state index contributed by atoms with van der Waals surface area (Å²) in [4.78, 5) is 22.5. The van der Waals surface area contributed by atoms with Gasteiger partial charge in [0, 0.05) is 24.3 Å². The van der Waals surface area contributed by atoms with Crippen LogP contribution >= 0.6 is 15.9 Å². The van der Waals surface area contributed by atoms with Gasteiger partial charge in [-0.15, -0.1) is 0 Å². The number of hydrogen-bond acceptors (Lipinski definition) is 3. The SMILES string of the molecule is CCO[C@@H]1C(=O)CC(CBr)C1=O. The topological polar surface area (TPSA) is 43.4 Å². The first-order valence-corrected chi connectivity index (χ1v) is 5.06. The second-order valence-electron chi connectivity index (χ2n) is 2.76. The van der Waals surface area contributed by atoms with Crippen LogP contribution in [0.15, 0.2) is 0 Å². The van der Waals surface area contributed by atoms with Gasteiger partial charge in [0.15, 0.2) is 17.7 Å². The Bertz CT molecular complexity index is 202. The molecule has 0 amide bonds. The van der Waals surface area contributed by atoms with Gasteiger partial charge >= 0.3 is 0 Å². The number of ether oxygens (including phenoxy) is 1. The molecule has 68 valence electrons. The number of hydrogen-bond donors (Lipinski definition) is 0. The Morgan fingerprint density at radius 3 is 2.67 bits per heavy atom. The van der Waals surface area contributed by atoms with Crippen molar-refractivity contribution < 1.29 is 14.3 Å². The van der Waals surface area contributed by atoms with Crippen molar-refractivity contribution in [1.29, 1.82) is 0 Å². The average molecular weight is 235 g/mol. The molecule has 0 heterocycles. The van der Waals surface area contributed by atoms with Crippen molar-refractivity contribution in [3.8, 4) is 0 Å². The number of halogens is 1. The fourth-order valence-electron chi connectivity index (χ4n) is 1.30. The molecular formula is C8H11BrO3. The van der Waals surface area contributed by atoms with E-state index in [1.54, 1.807) is 6.92 Å². The predicted octanol–water partition coefficient (Wildman–Crippen LogP) is 0.944. The third kappa shape index (κ3) is 1.75. The van der Waals surface area contributed by atoms with Crippen molar-refractivity contribution in [3.05, 3.63) is 0 Å². The van der Waals surface area contributed by atoms with E-state index in [2.05, 4.69) is 15.9 Å². The van der Waals surface area contributed by atoms with E-state index in [1.165, 1.54) is 0 Å². The summed E-state index contributed by atoms with van der Waals surface area (Å²) >= 11 is 3.19. The quantitative estimate of drug-likeness (QED) is 0.540. The molecule has 1 aliphatic carbocycles. The van der Waals surface area contributed by atoms with Crippen LogP contribution in [-0.2, 0) is 14.3 Å². The lowest BCUT2D eigenvalue weighted by molar-refractivity contribution is -0.137. The number of ketones is 2. The second kappa shape index (κ2) is 4.14. The summed E-state index contributed by atoms with van der Waals surface area (Å²) in [6.07, 6.45) is -0.452. The summed E-state index contributed by atoms with van der Waals surface area (Å²) in [5.41, 5.74) is 0. The monoisotopic (exact) mass is 234 g/mol.